The fourth-order valence-electron chi connectivity index (χ4n) is 3.49. The third kappa shape index (κ3) is 5.19. The quantitative estimate of drug-likeness (QED) is 0.529. The molecule has 10 heteroatoms. The molecule has 3 aromatic rings. The van der Waals surface area contributed by atoms with Gasteiger partial charge in [0.2, 0.25) is 11.8 Å². The van der Waals surface area contributed by atoms with E-state index < -0.39 is 11.7 Å². The Balaban J connectivity index is 1.64. The monoisotopic (exact) mass is 444 g/mol. The van der Waals surface area contributed by atoms with Crippen LogP contribution in [0.5, 0.6) is 5.88 Å². The maximum Gasteiger partial charge on any atom is 0.421 e. The van der Waals surface area contributed by atoms with E-state index in [9.17, 15) is 13.2 Å². The molecule has 1 aliphatic rings. The van der Waals surface area contributed by atoms with Gasteiger partial charge < -0.3 is 20.3 Å². The molecule has 1 fully saturated rings. The number of nitrogens with zero attached hydrogens (tertiary/aromatic N) is 4. The maximum absolute atomic E-state index is 13.5. The average Bonchev–Trinajstić information content (AvgIpc) is 2.79. The standard InChI is InChI=1S/C22H23F3N6O/c1-32-19-13-16(12-18(29-19)31-10-6-3-7-11-31)28-21-26-14-17(22(23,24)25)20(30-21)27-15-8-4-2-5-9-15/h2,4-5,8-9,12-14H,3,6-7,10-11H2,1H3,(H2,26,27,28,29,30). The van der Waals surface area contributed by atoms with Crippen LogP contribution in [-0.4, -0.2) is 35.2 Å². The van der Waals surface area contributed by atoms with E-state index in [1.165, 1.54) is 13.5 Å². The lowest BCUT2D eigenvalue weighted by molar-refractivity contribution is -0.137. The molecule has 32 heavy (non-hydrogen) atoms. The van der Waals surface area contributed by atoms with Crippen LogP contribution in [0.4, 0.5) is 42.1 Å². The molecule has 3 heterocycles. The van der Waals surface area contributed by atoms with Gasteiger partial charge in [0.15, 0.2) is 0 Å². The first-order chi connectivity index (χ1) is 15.4. The molecular weight excluding hydrogens is 421 g/mol. The van der Waals surface area contributed by atoms with Gasteiger partial charge in [0.25, 0.3) is 0 Å². The highest BCUT2D eigenvalue weighted by atomic mass is 19.4. The summed E-state index contributed by atoms with van der Waals surface area (Å²) in [5.41, 5.74) is 0.108. The van der Waals surface area contributed by atoms with E-state index >= 15 is 0 Å². The van der Waals surface area contributed by atoms with Gasteiger partial charge in [-0.05, 0) is 31.4 Å². The van der Waals surface area contributed by atoms with Crippen molar-refractivity contribution >= 4 is 29.0 Å². The zero-order valence-corrected chi connectivity index (χ0v) is 17.5. The lowest BCUT2D eigenvalue weighted by Gasteiger charge is -2.28. The van der Waals surface area contributed by atoms with E-state index in [2.05, 4.69) is 30.5 Å². The van der Waals surface area contributed by atoms with Gasteiger partial charge in [0, 0.05) is 42.8 Å². The van der Waals surface area contributed by atoms with Gasteiger partial charge in [0.1, 0.15) is 17.2 Å². The van der Waals surface area contributed by atoms with Gasteiger partial charge in [-0.25, -0.2) is 4.98 Å². The number of rotatable bonds is 6. The van der Waals surface area contributed by atoms with Crippen LogP contribution in [0.25, 0.3) is 0 Å². The lowest BCUT2D eigenvalue weighted by atomic mass is 10.1. The summed E-state index contributed by atoms with van der Waals surface area (Å²) in [6, 6.07) is 12.0. The number of benzene rings is 1. The molecule has 7 nitrogen and oxygen atoms in total. The molecule has 2 N–H and O–H groups in total. The van der Waals surface area contributed by atoms with Gasteiger partial charge >= 0.3 is 6.18 Å². The Kier molecular flexibility index (Phi) is 6.29. The Hall–Kier alpha value is -3.56. The molecular formula is C22H23F3N6O. The largest absolute Gasteiger partial charge is 0.481 e. The first kappa shape index (κ1) is 21.7. The fraction of sp³-hybridized carbons (Fsp3) is 0.318. The summed E-state index contributed by atoms with van der Waals surface area (Å²) in [7, 11) is 1.52. The van der Waals surface area contributed by atoms with Crippen molar-refractivity contribution in [2.75, 3.05) is 35.7 Å². The number of alkyl halides is 3. The van der Waals surface area contributed by atoms with E-state index in [4.69, 9.17) is 4.74 Å². The maximum atomic E-state index is 13.5. The van der Waals surface area contributed by atoms with Crippen LogP contribution in [0.1, 0.15) is 24.8 Å². The van der Waals surface area contributed by atoms with Crippen molar-refractivity contribution in [1.29, 1.82) is 0 Å². The number of hydrogen-bond acceptors (Lipinski definition) is 7. The third-order valence-electron chi connectivity index (χ3n) is 5.06. The molecule has 1 aliphatic heterocycles. The highest BCUT2D eigenvalue weighted by Gasteiger charge is 2.35. The Labute approximate surface area is 183 Å². The number of pyridine rings is 1. The van der Waals surface area contributed by atoms with Crippen molar-refractivity contribution in [3.63, 3.8) is 0 Å². The van der Waals surface area contributed by atoms with E-state index in [-0.39, 0.29) is 11.8 Å². The molecule has 0 spiro atoms. The minimum Gasteiger partial charge on any atom is -0.481 e. The summed E-state index contributed by atoms with van der Waals surface area (Å²) in [5, 5.41) is 5.72. The summed E-state index contributed by atoms with van der Waals surface area (Å²) in [5.74, 6) is 0.818. The number of methoxy groups -OCH3 is 1. The molecule has 0 radical (unpaired) electrons. The predicted octanol–water partition coefficient (Wildman–Crippen LogP) is 5.38. The number of para-hydroxylation sites is 1. The van der Waals surface area contributed by atoms with Crippen LogP contribution < -0.4 is 20.3 Å². The second-order valence-corrected chi connectivity index (χ2v) is 7.37. The number of piperidine rings is 1. The molecule has 0 atom stereocenters. The Morgan fingerprint density at radius 1 is 0.938 bits per heavy atom. The minimum atomic E-state index is -4.60. The highest BCUT2D eigenvalue weighted by molar-refractivity contribution is 5.65. The second-order valence-electron chi connectivity index (χ2n) is 7.37. The van der Waals surface area contributed by atoms with Gasteiger partial charge in [-0.15, -0.1) is 0 Å². The van der Waals surface area contributed by atoms with Crippen LogP contribution in [0, 0.1) is 0 Å². The normalized spacial score (nSPS) is 14.2. The third-order valence-corrected chi connectivity index (χ3v) is 5.06. The van der Waals surface area contributed by atoms with Crippen LogP contribution in [-0.2, 0) is 6.18 Å². The van der Waals surface area contributed by atoms with Crippen LogP contribution in [0.3, 0.4) is 0 Å². The molecule has 0 amide bonds. The van der Waals surface area contributed by atoms with Crippen LogP contribution in [0.2, 0.25) is 0 Å². The number of hydrogen-bond donors (Lipinski definition) is 2. The predicted molar refractivity (Wildman–Crippen MR) is 117 cm³/mol. The summed E-state index contributed by atoms with van der Waals surface area (Å²) < 4.78 is 45.8. The van der Waals surface area contributed by atoms with E-state index in [0.29, 0.717) is 17.3 Å². The molecule has 0 saturated carbocycles. The van der Waals surface area contributed by atoms with Gasteiger partial charge in [-0.1, -0.05) is 18.2 Å². The lowest BCUT2D eigenvalue weighted by Crippen LogP contribution is -2.30. The minimum absolute atomic E-state index is 0.0225. The number of ether oxygens (including phenoxy) is 1. The van der Waals surface area contributed by atoms with Crippen molar-refractivity contribution in [1.82, 2.24) is 15.0 Å². The second kappa shape index (κ2) is 9.29. The van der Waals surface area contributed by atoms with Gasteiger partial charge in [-0.2, -0.15) is 23.1 Å². The topological polar surface area (TPSA) is 75.2 Å². The Morgan fingerprint density at radius 2 is 1.69 bits per heavy atom. The summed E-state index contributed by atoms with van der Waals surface area (Å²) in [6.45, 7) is 1.78. The molecule has 4 rings (SSSR count). The number of nitrogens with one attached hydrogen (secondary N) is 2. The molecule has 2 aromatic heterocycles. The zero-order chi connectivity index (χ0) is 22.6. The molecule has 0 bridgehead atoms. The smallest absolute Gasteiger partial charge is 0.421 e. The first-order valence-corrected chi connectivity index (χ1v) is 10.3. The number of halogens is 3. The van der Waals surface area contributed by atoms with Gasteiger partial charge in [0.05, 0.1) is 7.11 Å². The molecule has 1 saturated heterocycles. The SMILES string of the molecule is COc1cc(Nc2ncc(C(F)(F)F)c(Nc3ccccc3)n2)cc(N2CCCCC2)n1. The van der Waals surface area contributed by atoms with Crippen LogP contribution >= 0.6 is 0 Å². The molecule has 1 aromatic carbocycles. The number of anilines is 5. The summed E-state index contributed by atoms with van der Waals surface area (Å²) in [6.07, 6.45) is -0.486. The summed E-state index contributed by atoms with van der Waals surface area (Å²) in [4.78, 5) is 14.6. The first-order valence-electron chi connectivity index (χ1n) is 10.3. The van der Waals surface area contributed by atoms with Crippen molar-refractivity contribution < 1.29 is 17.9 Å². The fourth-order valence-corrected chi connectivity index (χ4v) is 3.49. The van der Waals surface area contributed by atoms with E-state index in [0.717, 1.165) is 37.9 Å². The molecule has 0 aliphatic carbocycles. The highest BCUT2D eigenvalue weighted by Crippen LogP contribution is 2.35. The Morgan fingerprint density at radius 3 is 2.38 bits per heavy atom. The van der Waals surface area contributed by atoms with Crippen molar-refractivity contribution in [2.45, 2.75) is 25.4 Å². The molecule has 0 unspecified atom stereocenters. The summed E-state index contributed by atoms with van der Waals surface area (Å²) >= 11 is 0. The molecule has 168 valence electrons. The van der Waals surface area contributed by atoms with Crippen LogP contribution in [0.15, 0.2) is 48.7 Å². The van der Waals surface area contributed by atoms with E-state index in [1.807, 2.05) is 6.07 Å². The van der Waals surface area contributed by atoms with Crippen molar-refractivity contribution in [3.05, 3.63) is 54.2 Å². The van der Waals surface area contributed by atoms with Crippen molar-refractivity contribution in [3.8, 4) is 5.88 Å². The van der Waals surface area contributed by atoms with Crippen molar-refractivity contribution in [2.24, 2.45) is 0 Å². The average molecular weight is 444 g/mol. The number of aromatic nitrogens is 3. The van der Waals surface area contributed by atoms with Gasteiger partial charge in [-0.3, -0.25) is 0 Å². The Bertz CT molecular complexity index is 1060. The zero-order valence-electron chi connectivity index (χ0n) is 17.5. The van der Waals surface area contributed by atoms with E-state index in [1.54, 1.807) is 36.4 Å².